The summed E-state index contributed by atoms with van der Waals surface area (Å²) < 4.78 is 5.99. The third-order valence-electron chi connectivity index (χ3n) is 1.93. The second-order valence-electron chi connectivity index (χ2n) is 3.07. The summed E-state index contributed by atoms with van der Waals surface area (Å²) in [5.74, 6) is 0.678. The number of aromatic nitrogens is 2. The molecule has 1 aromatic carbocycles. The van der Waals surface area contributed by atoms with Gasteiger partial charge in [-0.05, 0) is 17.7 Å². The van der Waals surface area contributed by atoms with Crippen LogP contribution in [0, 0.1) is 0 Å². The van der Waals surface area contributed by atoms with Crippen LogP contribution in [0.2, 0.25) is 0 Å². The van der Waals surface area contributed by atoms with Crippen molar-refractivity contribution in [3.8, 4) is 0 Å². The van der Waals surface area contributed by atoms with Gasteiger partial charge in [0.1, 0.15) is 0 Å². The lowest BCUT2D eigenvalue weighted by molar-refractivity contribution is 0.425. The number of nitrogens with zero attached hydrogens (tertiary/aromatic N) is 2. The fourth-order valence-electron chi connectivity index (χ4n) is 1.26. The van der Waals surface area contributed by atoms with Gasteiger partial charge in [-0.2, -0.15) is 4.98 Å². The first-order valence-electron chi connectivity index (χ1n) is 4.52. The number of benzene rings is 1. The van der Waals surface area contributed by atoms with E-state index < -0.39 is 0 Å². The number of hydrogen-bond donors (Lipinski definition) is 1. The van der Waals surface area contributed by atoms with Gasteiger partial charge in [-0.25, -0.2) is 0 Å². The molecule has 0 aliphatic carbocycles. The van der Waals surface area contributed by atoms with Crippen molar-refractivity contribution < 1.29 is 4.52 Å². The van der Waals surface area contributed by atoms with E-state index in [4.69, 9.17) is 4.52 Å². The number of anilines is 1. The molecule has 0 radical (unpaired) electrons. The van der Waals surface area contributed by atoms with Gasteiger partial charge in [0.25, 0.3) is 0 Å². The Morgan fingerprint density at radius 1 is 1.47 bits per heavy atom. The fraction of sp³-hybridized carbons (Fsp3) is 0.200. The maximum absolute atomic E-state index is 4.93. The molecule has 1 heterocycles. The van der Waals surface area contributed by atoms with Gasteiger partial charge in [0.2, 0.25) is 0 Å². The molecule has 5 heteroatoms. The van der Waals surface area contributed by atoms with E-state index in [2.05, 4.69) is 31.4 Å². The van der Waals surface area contributed by atoms with E-state index >= 15 is 0 Å². The first kappa shape index (κ1) is 10.2. The molecule has 0 unspecified atom stereocenters. The van der Waals surface area contributed by atoms with Crippen LogP contribution in [0.4, 0.5) is 6.01 Å². The van der Waals surface area contributed by atoms with Gasteiger partial charge in [-0.1, -0.05) is 33.2 Å². The number of halogens is 1. The van der Waals surface area contributed by atoms with Gasteiger partial charge in [0.15, 0.2) is 5.82 Å². The summed E-state index contributed by atoms with van der Waals surface area (Å²) in [6.45, 7) is 0. The smallest absolute Gasteiger partial charge is 0.321 e. The van der Waals surface area contributed by atoms with E-state index in [0.717, 1.165) is 10.0 Å². The highest BCUT2D eigenvalue weighted by Crippen LogP contribution is 2.14. The van der Waals surface area contributed by atoms with Crippen molar-refractivity contribution in [2.24, 2.45) is 0 Å². The van der Waals surface area contributed by atoms with E-state index in [0.29, 0.717) is 18.3 Å². The van der Waals surface area contributed by atoms with Crippen LogP contribution in [-0.4, -0.2) is 17.2 Å². The minimum Gasteiger partial charge on any atom is -0.341 e. The van der Waals surface area contributed by atoms with Crippen LogP contribution in [0.5, 0.6) is 0 Å². The fourth-order valence-corrected chi connectivity index (χ4v) is 1.70. The van der Waals surface area contributed by atoms with E-state index in [1.165, 1.54) is 0 Å². The highest BCUT2D eigenvalue weighted by molar-refractivity contribution is 9.10. The number of nitrogens with one attached hydrogen (secondary N) is 1. The van der Waals surface area contributed by atoms with E-state index in [1.54, 1.807) is 7.05 Å². The molecule has 0 saturated carbocycles. The Balaban J connectivity index is 2.14. The topological polar surface area (TPSA) is 51.0 Å². The predicted molar refractivity (Wildman–Crippen MR) is 60.8 cm³/mol. The predicted octanol–water partition coefficient (Wildman–Crippen LogP) is 2.46. The molecular formula is C10H10BrN3O. The Morgan fingerprint density at radius 2 is 2.33 bits per heavy atom. The Bertz CT molecular complexity index is 455. The van der Waals surface area contributed by atoms with E-state index in [9.17, 15) is 0 Å². The summed E-state index contributed by atoms with van der Waals surface area (Å²) in [5, 5.41) is 6.64. The van der Waals surface area contributed by atoms with Crippen LogP contribution in [0.25, 0.3) is 0 Å². The standard InChI is InChI=1S/C10H10BrN3O/c1-12-10-13-9(14-15-10)6-7-3-2-4-8(11)5-7/h2-5H,6H2,1H3,(H,12,13,14). The van der Waals surface area contributed by atoms with Crippen LogP contribution in [0.1, 0.15) is 11.4 Å². The molecule has 0 bridgehead atoms. The zero-order valence-corrected chi connectivity index (χ0v) is 9.78. The second kappa shape index (κ2) is 4.44. The zero-order chi connectivity index (χ0) is 10.7. The molecule has 4 nitrogen and oxygen atoms in total. The van der Waals surface area contributed by atoms with Crippen LogP contribution >= 0.6 is 15.9 Å². The summed E-state index contributed by atoms with van der Waals surface area (Å²) in [5.41, 5.74) is 1.15. The molecule has 15 heavy (non-hydrogen) atoms. The van der Waals surface area contributed by atoms with Crippen molar-refractivity contribution in [2.45, 2.75) is 6.42 Å². The van der Waals surface area contributed by atoms with Crippen molar-refractivity contribution >= 4 is 21.9 Å². The van der Waals surface area contributed by atoms with Gasteiger partial charge < -0.3 is 9.84 Å². The van der Waals surface area contributed by atoms with Crippen molar-refractivity contribution in [1.29, 1.82) is 0 Å². The summed E-state index contributed by atoms with van der Waals surface area (Å²) in [6, 6.07) is 8.48. The summed E-state index contributed by atoms with van der Waals surface area (Å²) in [4.78, 5) is 4.15. The Hall–Kier alpha value is -1.36. The van der Waals surface area contributed by atoms with Crippen LogP contribution in [-0.2, 0) is 6.42 Å². The average Bonchev–Trinajstić information content (AvgIpc) is 2.65. The van der Waals surface area contributed by atoms with Gasteiger partial charge in [0.05, 0.1) is 0 Å². The minimum atomic E-state index is 0.444. The molecule has 0 spiro atoms. The van der Waals surface area contributed by atoms with Crippen molar-refractivity contribution in [3.63, 3.8) is 0 Å². The van der Waals surface area contributed by atoms with Crippen molar-refractivity contribution in [2.75, 3.05) is 12.4 Å². The quantitative estimate of drug-likeness (QED) is 0.929. The lowest BCUT2D eigenvalue weighted by Crippen LogP contribution is -1.92. The molecule has 0 amide bonds. The molecule has 2 aromatic rings. The summed E-state index contributed by atoms with van der Waals surface area (Å²) >= 11 is 3.42. The Morgan fingerprint density at radius 3 is 3.00 bits per heavy atom. The second-order valence-corrected chi connectivity index (χ2v) is 3.99. The molecule has 0 aliphatic rings. The molecule has 0 atom stereocenters. The minimum absolute atomic E-state index is 0.444. The van der Waals surface area contributed by atoms with Crippen molar-refractivity contribution in [3.05, 3.63) is 40.1 Å². The monoisotopic (exact) mass is 267 g/mol. The molecular weight excluding hydrogens is 258 g/mol. The first-order valence-corrected chi connectivity index (χ1v) is 5.32. The molecule has 1 aromatic heterocycles. The highest BCUT2D eigenvalue weighted by Gasteiger charge is 2.05. The maximum Gasteiger partial charge on any atom is 0.321 e. The van der Waals surface area contributed by atoms with Crippen LogP contribution < -0.4 is 5.32 Å². The van der Waals surface area contributed by atoms with Gasteiger partial charge >= 0.3 is 6.01 Å². The van der Waals surface area contributed by atoms with Gasteiger partial charge in [0, 0.05) is 17.9 Å². The first-order chi connectivity index (χ1) is 7.28. The van der Waals surface area contributed by atoms with E-state index in [-0.39, 0.29) is 0 Å². The normalized spacial score (nSPS) is 10.3. The van der Waals surface area contributed by atoms with Crippen LogP contribution in [0.15, 0.2) is 33.3 Å². The third-order valence-corrected chi connectivity index (χ3v) is 2.43. The van der Waals surface area contributed by atoms with E-state index in [1.807, 2.05) is 24.3 Å². The molecule has 2 rings (SSSR count). The molecule has 1 N–H and O–H groups in total. The zero-order valence-electron chi connectivity index (χ0n) is 8.20. The Labute approximate surface area is 95.8 Å². The maximum atomic E-state index is 4.93. The lowest BCUT2D eigenvalue weighted by atomic mass is 10.1. The SMILES string of the molecule is CNc1nc(Cc2cccc(Br)c2)no1. The average molecular weight is 268 g/mol. The highest BCUT2D eigenvalue weighted by atomic mass is 79.9. The van der Waals surface area contributed by atoms with Crippen LogP contribution in [0.3, 0.4) is 0 Å². The molecule has 0 fully saturated rings. The molecule has 0 aliphatic heterocycles. The van der Waals surface area contributed by atoms with Crippen molar-refractivity contribution in [1.82, 2.24) is 10.1 Å². The van der Waals surface area contributed by atoms with Gasteiger partial charge in [-0.15, -0.1) is 0 Å². The largest absolute Gasteiger partial charge is 0.341 e. The Kier molecular flexibility index (Phi) is 3.01. The number of hydrogen-bond acceptors (Lipinski definition) is 4. The van der Waals surface area contributed by atoms with Gasteiger partial charge in [-0.3, -0.25) is 0 Å². The number of rotatable bonds is 3. The molecule has 0 saturated heterocycles. The summed E-state index contributed by atoms with van der Waals surface area (Å²) in [6.07, 6.45) is 0.671. The third kappa shape index (κ3) is 2.56. The summed E-state index contributed by atoms with van der Waals surface area (Å²) in [7, 11) is 1.75. The lowest BCUT2D eigenvalue weighted by Gasteiger charge is -1.96. The molecule has 78 valence electrons.